The zero-order chi connectivity index (χ0) is 20.1. The Hall–Kier alpha value is -3.55. The van der Waals surface area contributed by atoms with Crippen LogP contribution >= 0.6 is 0 Å². The fourth-order valence-electron chi connectivity index (χ4n) is 3.27. The van der Waals surface area contributed by atoms with E-state index in [1.54, 1.807) is 30.5 Å². The number of piperazine rings is 1. The zero-order valence-electron chi connectivity index (χ0n) is 15.8. The number of hydrogen-bond acceptors (Lipinski definition) is 6. The first-order chi connectivity index (χ1) is 14.2. The molecule has 29 heavy (non-hydrogen) atoms. The third-order valence-electron chi connectivity index (χ3n) is 4.80. The van der Waals surface area contributed by atoms with E-state index in [2.05, 4.69) is 30.3 Å². The molecule has 148 valence electrons. The van der Waals surface area contributed by atoms with Crippen molar-refractivity contribution in [3.05, 3.63) is 72.2 Å². The number of pyridine rings is 1. The van der Waals surface area contributed by atoms with Crippen LogP contribution in [0.25, 0.3) is 0 Å². The van der Waals surface area contributed by atoms with Crippen LogP contribution in [0.1, 0.15) is 5.56 Å². The molecular weight excluding hydrogens is 371 g/mol. The summed E-state index contributed by atoms with van der Waals surface area (Å²) in [7, 11) is 0. The molecule has 1 fully saturated rings. The first-order valence-electron chi connectivity index (χ1n) is 9.47. The predicted molar refractivity (Wildman–Crippen MR) is 109 cm³/mol. The van der Waals surface area contributed by atoms with E-state index in [4.69, 9.17) is 0 Å². The van der Waals surface area contributed by atoms with Crippen molar-refractivity contribution in [1.29, 1.82) is 0 Å². The highest BCUT2D eigenvalue weighted by molar-refractivity contribution is 5.91. The highest BCUT2D eigenvalue weighted by Gasteiger charge is 2.19. The lowest BCUT2D eigenvalue weighted by molar-refractivity contribution is -0.115. The maximum Gasteiger partial charge on any atom is 0.230 e. The molecule has 0 saturated carbocycles. The second-order valence-corrected chi connectivity index (χ2v) is 6.76. The topological polar surface area (TPSA) is 74.2 Å². The minimum Gasteiger partial charge on any atom is -0.353 e. The summed E-state index contributed by atoms with van der Waals surface area (Å²) in [6.07, 6.45) is 1.75. The van der Waals surface area contributed by atoms with Crippen LogP contribution in [0.4, 0.5) is 21.8 Å². The molecule has 0 bridgehead atoms. The third-order valence-corrected chi connectivity index (χ3v) is 4.80. The molecule has 1 aliphatic heterocycles. The van der Waals surface area contributed by atoms with Crippen LogP contribution in [-0.4, -0.2) is 47.3 Å². The normalized spacial score (nSPS) is 14.0. The van der Waals surface area contributed by atoms with Gasteiger partial charge in [0.25, 0.3) is 0 Å². The van der Waals surface area contributed by atoms with Gasteiger partial charge in [-0.05, 0) is 35.9 Å². The van der Waals surface area contributed by atoms with Crippen LogP contribution < -0.4 is 15.1 Å². The molecule has 0 radical (unpaired) electrons. The molecule has 2 aromatic heterocycles. The Morgan fingerprint density at radius 3 is 2.28 bits per heavy atom. The van der Waals surface area contributed by atoms with Gasteiger partial charge in [-0.25, -0.2) is 9.37 Å². The number of hydrogen-bond donors (Lipinski definition) is 1. The summed E-state index contributed by atoms with van der Waals surface area (Å²) in [4.78, 5) is 20.9. The number of nitrogens with one attached hydrogen (secondary N) is 1. The molecule has 1 aliphatic rings. The zero-order valence-corrected chi connectivity index (χ0v) is 15.8. The van der Waals surface area contributed by atoms with Crippen LogP contribution in [0.5, 0.6) is 0 Å². The van der Waals surface area contributed by atoms with Crippen LogP contribution in [0.3, 0.4) is 0 Å². The van der Waals surface area contributed by atoms with E-state index in [9.17, 15) is 9.18 Å². The number of halogens is 1. The average molecular weight is 392 g/mol. The number of anilines is 3. The lowest BCUT2D eigenvalue weighted by atomic mass is 10.1. The monoisotopic (exact) mass is 392 g/mol. The summed E-state index contributed by atoms with van der Waals surface area (Å²) in [5.41, 5.74) is 0.348. The molecule has 0 spiro atoms. The smallest absolute Gasteiger partial charge is 0.230 e. The Kier molecular flexibility index (Phi) is 5.60. The number of amides is 1. The Balaban J connectivity index is 1.31. The van der Waals surface area contributed by atoms with Gasteiger partial charge in [0.15, 0.2) is 11.6 Å². The van der Waals surface area contributed by atoms with E-state index in [1.807, 2.05) is 24.3 Å². The first kappa shape index (κ1) is 18.8. The fraction of sp³-hybridized carbons (Fsp3) is 0.238. The van der Waals surface area contributed by atoms with Crippen molar-refractivity contribution in [2.45, 2.75) is 6.42 Å². The van der Waals surface area contributed by atoms with Gasteiger partial charge in [0.05, 0.1) is 6.42 Å². The molecular formula is C21H21FN6O. The van der Waals surface area contributed by atoms with Crippen LogP contribution in [0, 0.1) is 5.82 Å². The first-order valence-corrected chi connectivity index (χ1v) is 9.47. The predicted octanol–water partition coefficient (Wildman–Crippen LogP) is 2.52. The van der Waals surface area contributed by atoms with Gasteiger partial charge in [-0.3, -0.25) is 4.79 Å². The van der Waals surface area contributed by atoms with Crippen molar-refractivity contribution in [3.63, 3.8) is 0 Å². The average Bonchev–Trinajstić information content (AvgIpc) is 2.77. The van der Waals surface area contributed by atoms with E-state index in [-0.39, 0.29) is 12.3 Å². The number of carbonyl (C=O) groups is 1. The maximum atomic E-state index is 13.7. The van der Waals surface area contributed by atoms with Crippen molar-refractivity contribution < 1.29 is 9.18 Å². The molecule has 1 aromatic carbocycles. The maximum absolute atomic E-state index is 13.7. The van der Waals surface area contributed by atoms with Gasteiger partial charge in [-0.1, -0.05) is 24.3 Å². The van der Waals surface area contributed by atoms with Gasteiger partial charge in [-0.2, -0.15) is 0 Å². The number of rotatable bonds is 5. The summed E-state index contributed by atoms with van der Waals surface area (Å²) in [6.45, 7) is 3.31. The number of carbonyl (C=O) groups excluding carboxylic acids is 1. The Bertz CT molecular complexity index is 958. The molecule has 1 N–H and O–H groups in total. The molecule has 0 aliphatic carbocycles. The lowest BCUT2D eigenvalue weighted by Gasteiger charge is -2.35. The number of aromatic nitrogens is 3. The highest BCUT2D eigenvalue weighted by Crippen LogP contribution is 2.18. The highest BCUT2D eigenvalue weighted by atomic mass is 19.1. The molecule has 8 heteroatoms. The SMILES string of the molecule is O=C(Cc1ccccc1F)Nc1ccc(N2CCN(c3ccccn3)CC2)nn1. The Morgan fingerprint density at radius 1 is 0.897 bits per heavy atom. The Morgan fingerprint density at radius 2 is 1.62 bits per heavy atom. The van der Waals surface area contributed by atoms with Gasteiger partial charge >= 0.3 is 0 Å². The minimum atomic E-state index is -0.395. The molecule has 3 heterocycles. The van der Waals surface area contributed by atoms with E-state index in [1.165, 1.54) is 6.07 Å². The molecule has 1 saturated heterocycles. The van der Waals surface area contributed by atoms with Gasteiger partial charge < -0.3 is 15.1 Å². The number of benzene rings is 1. The molecule has 7 nitrogen and oxygen atoms in total. The summed E-state index contributed by atoms with van der Waals surface area (Å²) in [5, 5.41) is 11.0. The van der Waals surface area contributed by atoms with Crippen molar-refractivity contribution in [1.82, 2.24) is 15.2 Å². The van der Waals surface area contributed by atoms with Crippen molar-refractivity contribution in [3.8, 4) is 0 Å². The van der Waals surface area contributed by atoms with E-state index < -0.39 is 5.82 Å². The van der Waals surface area contributed by atoms with Gasteiger partial charge in [0, 0.05) is 32.4 Å². The standard InChI is InChI=1S/C21H21FN6O/c22-17-6-2-1-5-16(17)15-21(29)24-18-8-9-20(26-25-18)28-13-11-27(12-14-28)19-7-3-4-10-23-19/h1-10H,11-15H2,(H,24,25,29). The molecule has 0 unspecified atom stereocenters. The van der Waals surface area contributed by atoms with Crippen LogP contribution in [0.2, 0.25) is 0 Å². The minimum absolute atomic E-state index is 0.0500. The third kappa shape index (κ3) is 4.66. The van der Waals surface area contributed by atoms with E-state index in [0.29, 0.717) is 11.4 Å². The van der Waals surface area contributed by atoms with Crippen molar-refractivity contribution in [2.24, 2.45) is 0 Å². The van der Waals surface area contributed by atoms with Gasteiger partial charge in [0.2, 0.25) is 5.91 Å². The summed E-state index contributed by atoms with van der Waals surface area (Å²) < 4.78 is 13.7. The molecule has 1 amide bonds. The molecule has 4 rings (SSSR count). The second-order valence-electron chi connectivity index (χ2n) is 6.76. The Labute approximate surface area is 168 Å². The number of nitrogens with zero attached hydrogens (tertiary/aromatic N) is 5. The van der Waals surface area contributed by atoms with Crippen LogP contribution in [-0.2, 0) is 11.2 Å². The van der Waals surface area contributed by atoms with Crippen molar-refractivity contribution in [2.75, 3.05) is 41.3 Å². The van der Waals surface area contributed by atoms with Crippen molar-refractivity contribution >= 4 is 23.4 Å². The largest absolute Gasteiger partial charge is 0.353 e. The second kappa shape index (κ2) is 8.64. The molecule has 0 atom stereocenters. The van der Waals surface area contributed by atoms with Gasteiger partial charge in [0.1, 0.15) is 11.6 Å². The van der Waals surface area contributed by atoms with Crippen LogP contribution in [0.15, 0.2) is 60.8 Å². The summed E-state index contributed by atoms with van der Waals surface area (Å²) in [6, 6.07) is 15.7. The van der Waals surface area contributed by atoms with E-state index >= 15 is 0 Å². The summed E-state index contributed by atoms with van der Waals surface area (Å²) in [5.74, 6) is 1.36. The summed E-state index contributed by atoms with van der Waals surface area (Å²) >= 11 is 0. The quantitative estimate of drug-likeness (QED) is 0.719. The van der Waals surface area contributed by atoms with Gasteiger partial charge in [-0.15, -0.1) is 10.2 Å². The molecule has 3 aromatic rings. The lowest BCUT2D eigenvalue weighted by Crippen LogP contribution is -2.47. The fourth-order valence-corrected chi connectivity index (χ4v) is 3.27. The van der Waals surface area contributed by atoms with E-state index in [0.717, 1.165) is 37.8 Å².